The molecule has 1 saturated heterocycles. The first-order valence-electron chi connectivity index (χ1n) is 11.0. The molecule has 2 heterocycles. The smallest absolute Gasteiger partial charge is 0.261 e. The number of aryl methyl sites for hydroxylation is 1. The van der Waals surface area contributed by atoms with E-state index in [1.165, 1.54) is 0 Å². The molecule has 32 heavy (non-hydrogen) atoms. The second-order valence-corrected chi connectivity index (χ2v) is 8.23. The summed E-state index contributed by atoms with van der Waals surface area (Å²) in [5.41, 5.74) is 3.54. The third-order valence-electron chi connectivity index (χ3n) is 6.00. The highest BCUT2D eigenvalue weighted by Crippen LogP contribution is 2.27. The Morgan fingerprint density at radius 2 is 1.88 bits per heavy atom. The Morgan fingerprint density at radius 1 is 1.09 bits per heavy atom. The lowest BCUT2D eigenvalue weighted by Gasteiger charge is -2.28. The number of aromatic nitrogens is 1. The van der Waals surface area contributed by atoms with Gasteiger partial charge >= 0.3 is 0 Å². The van der Waals surface area contributed by atoms with Crippen molar-refractivity contribution >= 4 is 5.91 Å². The number of ether oxygens (including phenoxy) is 1. The fourth-order valence-electron chi connectivity index (χ4n) is 4.28. The van der Waals surface area contributed by atoms with Crippen molar-refractivity contribution in [3.05, 3.63) is 87.7 Å². The Bertz CT molecular complexity index is 1150. The van der Waals surface area contributed by atoms with Crippen LogP contribution in [0.2, 0.25) is 0 Å². The number of likely N-dealkylation sites (tertiary alicyclic amines) is 1. The maximum Gasteiger partial charge on any atom is 0.261 e. The topological polar surface area (TPSA) is 74.4 Å². The Kier molecular flexibility index (Phi) is 6.71. The van der Waals surface area contributed by atoms with E-state index in [1.807, 2.05) is 49.4 Å². The molecule has 0 spiro atoms. The fraction of sp³-hybridized carbons (Fsp3) is 0.308. The summed E-state index contributed by atoms with van der Waals surface area (Å²) in [6.07, 6.45) is 2.29. The number of rotatable bonds is 7. The molecule has 0 bridgehead atoms. The van der Waals surface area contributed by atoms with E-state index in [2.05, 4.69) is 21.3 Å². The number of carbonyl (C=O) groups is 1. The number of hydrogen-bond acceptors (Lipinski definition) is 4. The van der Waals surface area contributed by atoms with E-state index in [0.29, 0.717) is 12.2 Å². The molecule has 0 aliphatic carbocycles. The van der Waals surface area contributed by atoms with Gasteiger partial charge in [0.1, 0.15) is 11.3 Å². The molecule has 4 rings (SSSR count). The average molecular weight is 432 g/mol. The molecule has 1 unspecified atom stereocenters. The standard InChI is InChI=1S/C26H29N3O3/c1-18-7-5-8-19(15-18)23-12-11-22(26(31)28-23)25(30)27-17-24(29-13-3-4-14-29)20-9-6-10-21(16-20)32-2/h5-12,15-16,24H,3-4,13-14,17H2,1-2H3,(H,27,30)(H,28,31). The Morgan fingerprint density at radius 3 is 2.59 bits per heavy atom. The summed E-state index contributed by atoms with van der Waals surface area (Å²) >= 11 is 0. The molecule has 1 aliphatic rings. The van der Waals surface area contributed by atoms with Gasteiger partial charge in [0.25, 0.3) is 11.5 Å². The number of amides is 1. The SMILES string of the molecule is COc1cccc(C(CNC(=O)c2ccc(-c3cccc(C)c3)[nH]c2=O)N2CCCC2)c1. The second kappa shape index (κ2) is 9.83. The maximum absolute atomic E-state index is 12.9. The highest BCUT2D eigenvalue weighted by atomic mass is 16.5. The van der Waals surface area contributed by atoms with Crippen LogP contribution in [0.3, 0.4) is 0 Å². The molecule has 1 aromatic heterocycles. The van der Waals surface area contributed by atoms with Gasteiger partial charge in [-0.15, -0.1) is 0 Å². The predicted octanol–water partition coefficient (Wildman–Crippen LogP) is 3.93. The van der Waals surface area contributed by atoms with Crippen LogP contribution in [0.25, 0.3) is 11.3 Å². The van der Waals surface area contributed by atoms with Gasteiger partial charge in [0.2, 0.25) is 0 Å². The number of aromatic amines is 1. The minimum Gasteiger partial charge on any atom is -0.497 e. The quantitative estimate of drug-likeness (QED) is 0.595. The number of benzene rings is 2. The highest BCUT2D eigenvalue weighted by Gasteiger charge is 2.25. The lowest BCUT2D eigenvalue weighted by molar-refractivity contribution is 0.0936. The second-order valence-electron chi connectivity index (χ2n) is 8.23. The van der Waals surface area contributed by atoms with Gasteiger partial charge in [0.15, 0.2) is 0 Å². The molecule has 166 valence electrons. The van der Waals surface area contributed by atoms with Crippen LogP contribution in [0, 0.1) is 6.92 Å². The average Bonchev–Trinajstić information content (AvgIpc) is 3.34. The molecule has 3 aromatic rings. The van der Waals surface area contributed by atoms with Gasteiger partial charge in [-0.2, -0.15) is 0 Å². The van der Waals surface area contributed by atoms with E-state index in [4.69, 9.17) is 4.74 Å². The van der Waals surface area contributed by atoms with Crippen molar-refractivity contribution in [1.29, 1.82) is 0 Å². The summed E-state index contributed by atoms with van der Waals surface area (Å²) in [7, 11) is 1.65. The predicted molar refractivity (Wildman–Crippen MR) is 126 cm³/mol. The Labute approximate surface area is 188 Å². The molecule has 0 saturated carbocycles. The Balaban J connectivity index is 1.51. The molecule has 6 heteroatoms. The van der Waals surface area contributed by atoms with Gasteiger partial charge in [0, 0.05) is 12.2 Å². The van der Waals surface area contributed by atoms with Crippen molar-refractivity contribution in [3.8, 4) is 17.0 Å². The van der Waals surface area contributed by atoms with Crippen molar-refractivity contribution in [2.24, 2.45) is 0 Å². The first-order chi connectivity index (χ1) is 15.5. The van der Waals surface area contributed by atoms with Gasteiger partial charge in [-0.1, -0.05) is 35.9 Å². The third kappa shape index (κ3) is 4.92. The zero-order chi connectivity index (χ0) is 22.5. The first kappa shape index (κ1) is 21.8. The van der Waals surface area contributed by atoms with E-state index in [-0.39, 0.29) is 23.1 Å². The minimum atomic E-state index is -0.388. The van der Waals surface area contributed by atoms with Crippen LogP contribution >= 0.6 is 0 Å². The fourth-order valence-corrected chi connectivity index (χ4v) is 4.28. The molecular formula is C26H29N3O3. The number of H-pyrrole nitrogens is 1. The van der Waals surface area contributed by atoms with Gasteiger partial charge in [-0.25, -0.2) is 0 Å². The van der Waals surface area contributed by atoms with Crippen LogP contribution in [0.1, 0.15) is 40.4 Å². The minimum absolute atomic E-state index is 0.0298. The van der Waals surface area contributed by atoms with Crippen LogP contribution < -0.4 is 15.6 Å². The number of methoxy groups -OCH3 is 1. The molecule has 1 atom stereocenters. The van der Waals surface area contributed by atoms with Crippen molar-refractivity contribution in [3.63, 3.8) is 0 Å². The van der Waals surface area contributed by atoms with Gasteiger partial charge < -0.3 is 15.0 Å². The van der Waals surface area contributed by atoms with E-state index in [0.717, 1.165) is 48.4 Å². The van der Waals surface area contributed by atoms with Crippen molar-refractivity contribution < 1.29 is 9.53 Å². The van der Waals surface area contributed by atoms with Crippen molar-refractivity contribution in [2.45, 2.75) is 25.8 Å². The molecule has 2 aromatic carbocycles. The number of nitrogens with zero attached hydrogens (tertiary/aromatic N) is 1. The summed E-state index contributed by atoms with van der Waals surface area (Å²) in [6.45, 7) is 4.40. The first-order valence-corrected chi connectivity index (χ1v) is 11.0. The van der Waals surface area contributed by atoms with Crippen molar-refractivity contribution in [2.75, 3.05) is 26.7 Å². The van der Waals surface area contributed by atoms with Gasteiger partial charge in [-0.05, 0) is 74.3 Å². The number of carbonyl (C=O) groups excluding carboxylic acids is 1. The lowest BCUT2D eigenvalue weighted by atomic mass is 10.0. The molecule has 6 nitrogen and oxygen atoms in total. The van der Waals surface area contributed by atoms with Gasteiger partial charge in [-0.3, -0.25) is 14.5 Å². The van der Waals surface area contributed by atoms with Gasteiger partial charge in [0.05, 0.1) is 13.2 Å². The Hall–Kier alpha value is -3.38. The van der Waals surface area contributed by atoms with E-state index in [9.17, 15) is 9.59 Å². The summed E-state index contributed by atoms with van der Waals surface area (Å²) in [4.78, 5) is 30.7. The maximum atomic E-state index is 12.9. The van der Waals surface area contributed by atoms with E-state index in [1.54, 1.807) is 19.2 Å². The van der Waals surface area contributed by atoms with Crippen LogP contribution in [0.5, 0.6) is 5.75 Å². The number of pyridine rings is 1. The molecular weight excluding hydrogens is 402 g/mol. The van der Waals surface area contributed by atoms with E-state index >= 15 is 0 Å². The zero-order valence-electron chi connectivity index (χ0n) is 18.6. The van der Waals surface area contributed by atoms with E-state index < -0.39 is 0 Å². The summed E-state index contributed by atoms with van der Waals surface area (Å²) in [6, 6.07) is 19.2. The summed E-state index contributed by atoms with van der Waals surface area (Å²) in [5.74, 6) is 0.426. The number of hydrogen-bond donors (Lipinski definition) is 2. The van der Waals surface area contributed by atoms with Crippen LogP contribution in [0.4, 0.5) is 0 Å². The van der Waals surface area contributed by atoms with Crippen LogP contribution in [0.15, 0.2) is 65.5 Å². The lowest BCUT2D eigenvalue weighted by Crippen LogP contribution is -2.38. The van der Waals surface area contributed by atoms with Crippen LogP contribution in [-0.4, -0.2) is 42.5 Å². The summed E-state index contributed by atoms with van der Waals surface area (Å²) < 4.78 is 5.38. The zero-order valence-corrected chi connectivity index (χ0v) is 18.6. The third-order valence-corrected chi connectivity index (χ3v) is 6.00. The molecule has 0 radical (unpaired) electrons. The highest BCUT2D eigenvalue weighted by molar-refractivity contribution is 5.94. The summed E-state index contributed by atoms with van der Waals surface area (Å²) in [5, 5.41) is 2.98. The largest absolute Gasteiger partial charge is 0.497 e. The molecule has 1 aliphatic heterocycles. The number of nitrogens with one attached hydrogen (secondary N) is 2. The monoisotopic (exact) mass is 431 g/mol. The molecule has 2 N–H and O–H groups in total. The van der Waals surface area contributed by atoms with Crippen LogP contribution in [-0.2, 0) is 0 Å². The molecule has 1 amide bonds. The van der Waals surface area contributed by atoms with Crippen molar-refractivity contribution in [1.82, 2.24) is 15.2 Å². The molecule has 1 fully saturated rings. The normalized spacial score (nSPS) is 14.8.